The van der Waals surface area contributed by atoms with Gasteiger partial charge in [-0.1, -0.05) is 12.1 Å². The van der Waals surface area contributed by atoms with E-state index in [9.17, 15) is 4.79 Å². The molecule has 0 fully saturated rings. The maximum Gasteiger partial charge on any atom is 0.276 e. The number of nitrogens with one attached hydrogen (secondary N) is 1. The molecule has 20 heavy (non-hydrogen) atoms. The summed E-state index contributed by atoms with van der Waals surface area (Å²) in [7, 11) is 0. The van der Waals surface area contributed by atoms with Gasteiger partial charge in [-0.05, 0) is 18.4 Å². The first kappa shape index (κ1) is 13.1. The molecule has 0 saturated carbocycles. The molecule has 2 heterocycles. The number of benzene rings is 1. The summed E-state index contributed by atoms with van der Waals surface area (Å²) in [6.07, 6.45) is 2.90. The third-order valence-electron chi connectivity index (χ3n) is 3.10. The van der Waals surface area contributed by atoms with Gasteiger partial charge in [-0.25, -0.2) is 4.68 Å². The predicted molar refractivity (Wildman–Crippen MR) is 78.5 cm³/mol. The van der Waals surface area contributed by atoms with Crippen LogP contribution in [0.1, 0.15) is 16.9 Å². The minimum absolute atomic E-state index is 0.211. The number of thioether (sulfide) groups is 1. The van der Waals surface area contributed by atoms with Crippen molar-refractivity contribution in [2.24, 2.45) is 0 Å². The summed E-state index contributed by atoms with van der Waals surface area (Å²) < 4.78 is 7.20. The highest BCUT2D eigenvalue weighted by atomic mass is 32.2. The molecule has 1 N–H and O–H groups in total. The number of carbonyl (C=O) groups excluding carboxylic acids is 1. The van der Waals surface area contributed by atoms with Gasteiger partial charge in [0.2, 0.25) is 5.88 Å². The molecule has 0 unspecified atom stereocenters. The van der Waals surface area contributed by atoms with Crippen LogP contribution < -0.4 is 10.1 Å². The molecule has 0 atom stereocenters. The number of para-hydroxylation sites is 1. The molecule has 6 heteroatoms. The van der Waals surface area contributed by atoms with Crippen LogP contribution in [0.25, 0.3) is 0 Å². The lowest BCUT2D eigenvalue weighted by Crippen LogP contribution is -2.16. The highest BCUT2D eigenvalue weighted by Gasteiger charge is 2.18. The summed E-state index contributed by atoms with van der Waals surface area (Å²) in [5.74, 6) is 0.455. The van der Waals surface area contributed by atoms with Crippen molar-refractivity contribution < 1.29 is 9.53 Å². The van der Waals surface area contributed by atoms with E-state index in [0.717, 1.165) is 23.5 Å². The monoisotopic (exact) mass is 289 g/mol. The average molecular weight is 289 g/mol. The largest absolute Gasteiger partial charge is 0.478 e. The SMILES string of the molecule is CSc1ccccc1NC(=O)c1cc2n(n1)CCCO2. The van der Waals surface area contributed by atoms with Crippen molar-refractivity contribution in [1.82, 2.24) is 9.78 Å². The van der Waals surface area contributed by atoms with Gasteiger partial charge < -0.3 is 10.1 Å². The van der Waals surface area contributed by atoms with E-state index in [0.29, 0.717) is 18.2 Å². The van der Waals surface area contributed by atoms with E-state index in [-0.39, 0.29) is 5.91 Å². The van der Waals surface area contributed by atoms with Gasteiger partial charge in [0.1, 0.15) is 0 Å². The molecular weight excluding hydrogens is 274 g/mol. The molecule has 3 rings (SSSR count). The van der Waals surface area contributed by atoms with Crippen molar-refractivity contribution >= 4 is 23.4 Å². The molecule has 1 aromatic heterocycles. The second-order valence-electron chi connectivity index (χ2n) is 4.45. The Morgan fingerprint density at radius 1 is 1.45 bits per heavy atom. The Balaban J connectivity index is 1.81. The Morgan fingerprint density at radius 3 is 3.10 bits per heavy atom. The number of hydrogen-bond acceptors (Lipinski definition) is 4. The Kier molecular flexibility index (Phi) is 3.64. The fourth-order valence-electron chi connectivity index (χ4n) is 2.11. The normalized spacial score (nSPS) is 13.4. The number of anilines is 1. The smallest absolute Gasteiger partial charge is 0.276 e. The summed E-state index contributed by atoms with van der Waals surface area (Å²) in [6, 6.07) is 9.40. The van der Waals surface area contributed by atoms with Gasteiger partial charge in [0, 0.05) is 23.9 Å². The van der Waals surface area contributed by atoms with E-state index in [1.54, 1.807) is 22.5 Å². The highest BCUT2D eigenvalue weighted by Crippen LogP contribution is 2.25. The molecule has 0 saturated heterocycles. The summed E-state index contributed by atoms with van der Waals surface area (Å²) in [4.78, 5) is 13.3. The lowest BCUT2D eigenvalue weighted by atomic mass is 10.3. The first-order chi connectivity index (χ1) is 9.78. The zero-order chi connectivity index (χ0) is 13.9. The molecule has 104 valence electrons. The number of nitrogens with zero attached hydrogens (tertiary/aromatic N) is 2. The topological polar surface area (TPSA) is 56.2 Å². The van der Waals surface area contributed by atoms with E-state index in [2.05, 4.69) is 10.4 Å². The van der Waals surface area contributed by atoms with E-state index >= 15 is 0 Å². The maximum atomic E-state index is 12.2. The number of aryl methyl sites for hydroxylation is 1. The fourth-order valence-corrected chi connectivity index (χ4v) is 2.67. The number of amides is 1. The second kappa shape index (κ2) is 5.58. The van der Waals surface area contributed by atoms with E-state index in [4.69, 9.17) is 4.74 Å². The van der Waals surface area contributed by atoms with Crippen LogP contribution in [0.4, 0.5) is 5.69 Å². The molecular formula is C14H15N3O2S. The second-order valence-corrected chi connectivity index (χ2v) is 5.30. The Morgan fingerprint density at radius 2 is 2.30 bits per heavy atom. The summed E-state index contributed by atoms with van der Waals surface area (Å²) in [5.41, 5.74) is 1.19. The van der Waals surface area contributed by atoms with Gasteiger partial charge in [0.05, 0.1) is 12.3 Å². The summed E-state index contributed by atoms with van der Waals surface area (Å²) in [6.45, 7) is 1.48. The predicted octanol–water partition coefficient (Wildman–Crippen LogP) is 2.64. The van der Waals surface area contributed by atoms with Gasteiger partial charge in [-0.3, -0.25) is 4.79 Å². The Bertz CT molecular complexity index is 616. The zero-order valence-electron chi connectivity index (χ0n) is 11.1. The van der Waals surface area contributed by atoms with E-state index in [1.165, 1.54) is 0 Å². The minimum Gasteiger partial charge on any atom is -0.478 e. The van der Waals surface area contributed by atoms with E-state index < -0.39 is 0 Å². The molecule has 0 radical (unpaired) electrons. The zero-order valence-corrected chi connectivity index (χ0v) is 11.9. The van der Waals surface area contributed by atoms with Crippen molar-refractivity contribution in [2.75, 3.05) is 18.2 Å². The molecule has 1 aliphatic heterocycles. The van der Waals surface area contributed by atoms with Crippen LogP contribution in [-0.4, -0.2) is 28.6 Å². The van der Waals surface area contributed by atoms with E-state index in [1.807, 2.05) is 30.5 Å². The van der Waals surface area contributed by atoms with Crippen LogP contribution in [0, 0.1) is 0 Å². The molecule has 5 nitrogen and oxygen atoms in total. The summed E-state index contributed by atoms with van der Waals surface area (Å²) >= 11 is 1.59. The average Bonchev–Trinajstić information content (AvgIpc) is 2.92. The minimum atomic E-state index is -0.211. The Labute approximate surface area is 121 Å². The van der Waals surface area contributed by atoms with Crippen molar-refractivity contribution in [1.29, 1.82) is 0 Å². The third kappa shape index (κ3) is 2.51. The fraction of sp³-hybridized carbons (Fsp3) is 0.286. The first-order valence-corrected chi connectivity index (χ1v) is 7.65. The Hall–Kier alpha value is -1.95. The van der Waals surface area contributed by atoms with Crippen molar-refractivity contribution in [3.63, 3.8) is 0 Å². The van der Waals surface area contributed by atoms with Crippen molar-refractivity contribution in [3.8, 4) is 5.88 Å². The number of fused-ring (bicyclic) bond motifs is 1. The molecule has 2 aromatic rings. The van der Waals surface area contributed by atoms with Crippen LogP contribution >= 0.6 is 11.8 Å². The van der Waals surface area contributed by atoms with Gasteiger partial charge in [-0.15, -0.1) is 11.8 Å². The number of carbonyl (C=O) groups is 1. The van der Waals surface area contributed by atoms with Gasteiger partial charge in [-0.2, -0.15) is 5.10 Å². The molecule has 1 amide bonds. The summed E-state index contributed by atoms with van der Waals surface area (Å²) in [5, 5.41) is 7.17. The quantitative estimate of drug-likeness (QED) is 0.883. The maximum absolute atomic E-state index is 12.2. The number of hydrogen-bond donors (Lipinski definition) is 1. The molecule has 0 bridgehead atoms. The lowest BCUT2D eigenvalue weighted by molar-refractivity contribution is 0.102. The number of ether oxygens (including phenoxy) is 1. The molecule has 1 aromatic carbocycles. The van der Waals surface area contributed by atoms with Gasteiger partial charge in [0.25, 0.3) is 5.91 Å². The standard InChI is InChI=1S/C14H15N3O2S/c1-20-12-6-3-2-5-10(12)15-14(18)11-9-13-17(16-11)7-4-8-19-13/h2-3,5-6,9H,4,7-8H2,1H3,(H,15,18). The highest BCUT2D eigenvalue weighted by molar-refractivity contribution is 7.98. The van der Waals surface area contributed by atoms with Crippen LogP contribution in [0.5, 0.6) is 5.88 Å². The lowest BCUT2D eigenvalue weighted by Gasteiger charge is -2.13. The van der Waals surface area contributed by atoms with Crippen molar-refractivity contribution in [2.45, 2.75) is 17.9 Å². The van der Waals surface area contributed by atoms with Crippen LogP contribution in [-0.2, 0) is 6.54 Å². The van der Waals surface area contributed by atoms with Crippen LogP contribution in [0.2, 0.25) is 0 Å². The first-order valence-electron chi connectivity index (χ1n) is 6.43. The molecule has 1 aliphatic rings. The number of rotatable bonds is 3. The molecule has 0 spiro atoms. The molecule has 0 aliphatic carbocycles. The van der Waals surface area contributed by atoms with Crippen molar-refractivity contribution in [3.05, 3.63) is 36.0 Å². The third-order valence-corrected chi connectivity index (χ3v) is 3.89. The van der Waals surface area contributed by atoms with Crippen LogP contribution in [0.3, 0.4) is 0 Å². The van der Waals surface area contributed by atoms with Gasteiger partial charge >= 0.3 is 0 Å². The van der Waals surface area contributed by atoms with Crippen LogP contribution in [0.15, 0.2) is 35.2 Å². The van der Waals surface area contributed by atoms with Gasteiger partial charge in [0.15, 0.2) is 5.69 Å². The number of aromatic nitrogens is 2.